The van der Waals surface area contributed by atoms with Crippen LogP contribution in [0, 0.1) is 0 Å². The number of H-pyrrole nitrogens is 1. The molecule has 0 aliphatic carbocycles. The van der Waals surface area contributed by atoms with Crippen LogP contribution in [0.1, 0.15) is 0 Å². The number of ether oxygens (including phenoxy) is 1. The van der Waals surface area contributed by atoms with E-state index in [-0.39, 0.29) is 10.7 Å². The number of hydrogen-bond acceptors (Lipinski definition) is 5. The first-order chi connectivity index (χ1) is 8.53. The molecule has 0 bridgehead atoms. The number of anilines is 2. The largest absolute Gasteiger partial charge is 0.497 e. The smallest absolute Gasteiger partial charge is 0.267 e. The Morgan fingerprint density at radius 2 is 2.22 bits per heavy atom. The van der Waals surface area contributed by atoms with Crippen LogP contribution in [0.3, 0.4) is 0 Å². The second kappa shape index (κ2) is 4.57. The summed E-state index contributed by atoms with van der Waals surface area (Å²) in [6.07, 6.45) is 1.15. The molecular weight excluding hydrogens is 256 g/mol. The quantitative estimate of drug-likeness (QED) is 0.759. The van der Waals surface area contributed by atoms with Crippen molar-refractivity contribution < 1.29 is 13.2 Å². The minimum atomic E-state index is -3.75. The van der Waals surface area contributed by atoms with Gasteiger partial charge in [0.1, 0.15) is 16.5 Å². The summed E-state index contributed by atoms with van der Waals surface area (Å²) in [5.74, 6) is 0.542. The molecule has 1 aromatic carbocycles. The van der Waals surface area contributed by atoms with Gasteiger partial charge in [-0.1, -0.05) is 6.07 Å². The zero-order valence-corrected chi connectivity index (χ0v) is 10.4. The molecule has 0 radical (unpaired) electrons. The van der Waals surface area contributed by atoms with Gasteiger partial charge in [0.25, 0.3) is 10.0 Å². The number of nitrogens with two attached hydrogens (primary N) is 1. The van der Waals surface area contributed by atoms with Crippen LogP contribution < -0.4 is 15.2 Å². The highest BCUT2D eigenvalue weighted by Gasteiger charge is 2.19. The molecule has 1 aromatic heterocycles. The van der Waals surface area contributed by atoms with E-state index < -0.39 is 10.0 Å². The lowest BCUT2D eigenvalue weighted by Crippen LogP contribution is -2.13. The highest BCUT2D eigenvalue weighted by atomic mass is 32.2. The zero-order chi connectivity index (χ0) is 13.2. The number of aromatic nitrogens is 2. The fourth-order valence-corrected chi connectivity index (χ4v) is 2.47. The van der Waals surface area contributed by atoms with Gasteiger partial charge in [-0.05, 0) is 12.1 Å². The van der Waals surface area contributed by atoms with Gasteiger partial charge in [-0.3, -0.25) is 9.82 Å². The highest BCUT2D eigenvalue weighted by Crippen LogP contribution is 2.22. The molecule has 0 fully saturated rings. The number of aromatic amines is 1. The number of nitrogens with zero attached hydrogens (tertiary/aromatic N) is 1. The molecule has 0 saturated carbocycles. The predicted molar refractivity (Wildman–Crippen MR) is 66.8 cm³/mol. The molecule has 2 rings (SSSR count). The lowest BCUT2D eigenvalue weighted by atomic mass is 10.3. The fraction of sp³-hybridized carbons (Fsp3) is 0.100. The van der Waals surface area contributed by atoms with Crippen LogP contribution in [0.2, 0.25) is 0 Å². The lowest BCUT2D eigenvalue weighted by molar-refractivity contribution is 0.415. The Morgan fingerprint density at radius 3 is 2.83 bits per heavy atom. The van der Waals surface area contributed by atoms with Crippen LogP contribution >= 0.6 is 0 Å². The van der Waals surface area contributed by atoms with Gasteiger partial charge in [-0.25, -0.2) is 8.42 Å². The normalized spacial score (nSPS) is 11.2. The van der Waals surface area contributed by atoms with Gasteiger partial charge in [0.2, 0.25) is 0 Å². The predicted octanol–water partition coefficient (Wildman–Crippen LogP) is 0.801. The standard InChI is InChI=1S/C10H12N4O3S/c1-17-8-4-2-3-7(5-8)14-18(15,16)9-6-12-13-10(9)11/h2-6,14H,1H3,(H3,11,12,13). The molecule has 0 amide bonds. The second-order valence-corrected chi connectivity index (χ2v) is 5.14. The molecule has 7 nitrogen and oxygen atoms in total. The Morgan fingerprint density at radius 1 is 1.44 bits per heavy atom. The van der Waals surface area contributed by atoms with Crippen molar-refractivity contribution in [3.63, 3.8) is 0 Å². The summed E-state index contributed by atoms with van der Waals surface area (Å²) >= 11 is 0. The van der Waals surface area contributed by atoms with Crippen LogP contribution in [-0.4, -0.2) is 25.7 Å². The second-order valence-electron chi connectivity index (χ2n) is 3.49. The topological polar surface area (TPSA) is 110 Å². The van der Waals surface area contributed by atoms with Crippen molar-refractivity contribution in [2.75, 3.05) is 17.6 Å². The first-order valence-electron chi connectivity index (χ1n) is 4.98. The number of benzene rings is 1. The summed E-state index contributed by atoms with van der Waals surface area (Å²) in [5, 5.41) is 5.94. The van der Waals surface area contributed by atoms with E-state index in [1.54, 1.807) is 24.3 Å². The summed E-state index contributed by atoms with van der Waals surface area (Å²) in [6.45, 7) is 0. The number of methoxy groups -OCH3 is 1. The fourth-order valence-electron chi connectivity index (χ4n) is 1.40. The molecule has 0 aliphatic heterocycles. The van der Waals surface area contributed by atoms with Crippen molar-refractivity contribution in [2.24, 2.45) is 0 Å². The SMILES string of the molecule is COc1cccc(NS(=O)(=O)c2cn[nH]c2N)c1. The zero-order valence-electron chi connectivity index (χ0n) is 9.54. The molecule has 2 aromatic rings. The van der Waals surface area contributed by atoms with Gasteiger partial charge >= 0.3 is 0 Å². The molecule has 0 saturated heterocycles. The molecule has 0 atom stereocenters. The molecule has 0 unspecified atom stereocenters. The molecule has 8 heteroatoms. The third kappa shape index (κ3) is 2.38. The number of sulfonamides is 1. The minimum absolute atomic E-state index is 0.00889. The van der Waals surface area contributed by atoms with Gasteiger partial charge in [0.15, 0.2) is 0 Å². The molecule has 0 spiro atoms. The molecule has 1 heterocycles. The molecule has 18 heavy (non-hydrogen) atoms. The Hall–Kier alpha value is -2.22. The van der Waals surface area contributed by atoms with Crippen LogP contribution in [0.15, 0.2) is 35.4 Å². The Labute approximate surface area is 104 Å². The molecule has 0 aliphatic rings. The van der Waals surface area contributed by atoms with Crippen LogP contribution in [0.4, 0.5) is 11.5 Å². The van der Waals surface area contributed by atoms with Gasteiger partial charge in [0.05, 0.1) is 19.0 Å². The van der Waals surface area contributed by atoms with E-state index in [1.165, 1.54) is 7.11 Å². The number of nitrogens with one attached hydrogen (secondary N) is 2. The molecule has 96 valence electrons. The summed E-state index contributed by atoms with van der Waals surface area (Å²) in [6, 6.07) is 6.56. The highest BCUT2D eigenvalue weighted by molar-refractivity contribution is 7.92. The number of nitrogen functional groups attached to an aromatic ring is 1. The first-order valence-corrected chi connectivity index (χ1v) is 6.47. The third-order valence-corrected chi connectivity index (χ3v) is 3.65. The summed E-state index contributed by atoms with van der Waals surface area (Å²) < 4.78 is 31.4. The number of rotatable bonds is 4. The summed E-state index contributed by atoms with van der Waals surface area (Å²) in [5.41, 5.74) is 5.86. The third-order valence-electron chi connectivity index (χ3n) is 2.24. The van der Waals surface area contributed by atoms with E-state index in [0.717, 1.165) is 6.20 Å². The van der Waals surface area contributed by atoms with Crippen molar-refractivity contribution in [1.29, 1.82) is 0 Å². The lowest BCUT2D eigenvalue weighted by Gasteiger charge is -2.08. The maximum absolute atomic E-state index is 12.0. The van der Waals surface area contributed by atoms with E-state index in [2.05, 4.69) is 14.9 Å². The molecule has 4 N–H and O–H groups in total. The van der Waals surface area contributed by atoms with Crippen LogP contribution in [0.25, 0.3) is 0 Å². The summed E-state index contributed by atoms with van der Waals surface area (Å²) in [4.78, 5) is -0.0923. The van der Waals surface area contributed by atoms with Gasteiger partial charge in [-0.15, -0.1) is 0 Å². The van der Waals surface area contributed by atoms with Gasteiger partial charge in [-0.2, -0.15) is 5.10 Å². The van der Waals surface area contributed by atoms with Crippen molar-refractivity contribution in [3.05, 3.63) is 30.5 Å². The Balaban J connectivity index is 2.31. The Bertz CT molecular complexity index is 651. The maximum Gasteiger partial charge on any atom is 0.267 e. The maximum atomic E-state index is 12.0. The van der Waals surface area contributed by atoms with Crippen molar-refractivity contribution in [2.45, 2.75) is 4.90 Å². The average molecular weight is 268 g/mol. The van der Waals surface area contributed by atoms with Gasteiger partial charge in [0, 0.05) is 6.07 Å². The minimum Gasteiger partial charge on any atom is -0.497 e. The first kappa shape index (κ1) is 12.2. The number of hydrogen-bond donors (Lipinski definition) is 3. The van der Waals surface area contributed by atoms with E-state index in [0.29, 0.717) is 11.4 Å². The van der Waals surface area contributed by atoms with E-state index in [4.69, 9.17) is 10.5 Å². The van der Waals surface area contributed by atoms with E-state index in [9.17, 15) is 8.42 Å². The summed E-state index contributed by atoms with van der Waals surface area (Å²) in [7, 11) is -2.25. The monoisotopic (exact) mass is 268 g/mol. The van der Waals surface area contributed by atoms with Crippen molar-refractivity contribution in [1.82, 2.24) is 10.2 Å². The van der Waals surface area contributed by atoms with Crippen molar-refractivity contribution in [3.8, 4) is 5.75 Å². The van der Waals surface area contributed by atoms with E-state index >= 15 is 0 Å². The Kier molecular flexibility index (Phi) is 3.11. The van der Waals surface area contributed by atoms with E-state index in [1.807, 2.05) is 0 Å². The average Bonchev–Trinajstić information content (AvgIpc) is 2.76. The van der Waals surface area contributed by atoms with Crippen molar-refractivity contribution >= 4 is 21.5 Å². The van der Waals surface area contributed by atoms with Gasteiger partial charge < -0.3 is 10.5 Å². The van der Waals surface area contributed by atoms with Crippen LogP contribution in [-0.2, 0) is 10.0 Å². The van der Waals surface area contributed by atoms with Crippen LogP contribution in [0.5, 0.6) is 5.75 Å². The molecular formula is C10H12N4O3S.